The van der Waals surface area contributed by atoms with Crippen LogP contribution in [0, 0.1) is 0 Å². The summed E-state index contributed by atoms with van der Waals surface area (Å²) in [6.45, 7) is 4.59. The molecule has 1 aromatic rings. The fraction of sp³-hybridized carbons (Fsp3) is 0.562. The van der Waals surface area contributed by atoms with Crippen LogP contribution in [0.2, 0.25) is 0 Å². The van der Waals surface area contributed by atoms with E-state index in [-0.39, 0.29) is 0 Å². The summed E-state index contributed by atoms with van der Waals surface area (Å²) in [6.07, 6.45) is 2.60. The standard InChI is InChI=1S/C16H23N3O2/c17-16(20)21-10-5-13-3-4-14(11-15(13)12-1-2-12)19-8-6-18-7-9-19/h3-4,11-12,18H,1-2,5-10H2,(H2,17,20). The average Bonchev–Trinajstić information content (AvgIpc) is 3.33. The Kier molecular flexibility index (Phi) is 4.29. The Hall–Kier alpha value is -1.75. The molecule has 1 aliphatic heterocycles. The van der Waals surface area contributed by atoms with Gasteiger partial charge in [0.2, 0.25) is 0 Å². The molecular formula is C16H23N3O2. The van der Waals surface area contributed by atoms with Gasteiger partial charge < -0.3 is 20.7 Å². The van der Waals surface area contributed by atoms with Gasteiger partial charge in [0, 0.05) is 38.3 Å². The number of primary amides is 1. The van der Waals surface area contributed by atoms with E-state index < -0.39 is 6.09 Å². The molecule has 1 amide bonds. The molecule has 0 bridgehead atoms. The van der Waals surface area contributed by atoms with Crippen LogP contribution >= 0.6 is 0 Å². The lowest BCUT2D eigenvalue weighted by atomic mass is 9.99. The van der Waals surface area contributed by atoms with E-state index in [1.54, 1.807) is 0 Å². The van der Waals surface area contributed by atoms with E-state index in [2.05, 4.69) is 28.4 Å². The molecule has 1 saturated carbocycles. The van der Waals surface area contributed by atoms with Gasteiger partial charge in [-0.1, -0.05) is 6.07 Å². The van der Waals surface area contributed by atoms with E-state index in [1.807, 2.05) is 0 Å². The number of piperazine rings is 1. The van der Waals surface area contributed by atoms with Crippen LogP contribution in [0.5, 0.6) is 0 Å². The predicted octanol–water partition coefficient (Wildman–Crippen LogP) is 1.61. The molecule has 0 radical (unpaired) electrons. The van der Waals surface area contributed by atoms with Crippen LogP contribution in [0.4, 0.5) is 10.5 Å². The zero-order valence-electron chi connectivity index (χ0n) is 12.3. The molecule has 21 heavy (non-hydrogen) atoms. The van der Waals surface area contributed by atoms with Gasteiger partial charge >= 0.3 is 6.09 Å². The predicted molar refractivity (Wildman–Crippen MR) is 82.7 cm³/mol. The van der Waals surface area contributed by atoms with Crippen LogP contribution in [0.1, 0.15) is 29.9 Å². The van der Waals surface area contributed by atoms with Crippen LogP contribution in [-0.4, -0.2) is 38.9 Å². The minimum atomic E-state index is -0.694. The van der Waals surface area contributed by atoms with Gasteiger partial charge in [0.05, 0.1) is 6.61 Å². The first-order valence-electron chi connectivity index (χ1n) is 7.75. The summed E-state index contributed by atoms with van der Waals surface area (Å²) in [5, 5.41) is 3.38. The minimum Gasteiger partial charge on any atom is -0.449 e. The number of nitrogens with two attached hydrogens (primary N) is 1. The van der Waals surface area contributed by atoms with Gasteiger partial charge in [-0.15, -0.1) is 0 Å². The second kappa shape index (κ2) is 6.35. The molecule has 2 fully saturated rings. The molecule has 3 rings (SSSR count). The van der Waals surface area contributed by atoms with Crippen molar-refractivity contribution in [2.45, 2.75) is 25.2 Å². The van der Waals surface area contributed by atoms with Gasteiger partial charge in [-0.25, -0.2) is 4.79 Å². The summed E-state index contributed by atoms with van der Waals surface area (Å²) < 4.78 is 4.87. The van der Waals surface area contributed by atoms with E-state index in [0.717, 1.165) is 32.6 Å². The molecule has 114 valence electrons. The van der Waals surface area contributed by atoms with Crippen LogP contribution in [0.25, 0.3) is 0 Å². The number of hydrogen-bond donors (Lipinski definition) is 2. The Bertz CT molecular complexity index is 508. The van der Waals surface area contributed by atoms with Crippen LogP contribution in [-0.2, 0) is 11.2 Å². The van der Waals surface area contributed by atoms with Crippen molar-refractivity contribution in [3.8, 4) is 0 Å². The zero-order valence-corrected chi connectivity index (χ0v) is 12.3. The number of amides is 1. The first kappa shape index (κ1) is 14.2. The molecule has 1 aliphatic carbocycles. The molecule has 3 N–H and O–H groups in total. The molecule has 0 unspecified atom stereocenters. The van der Waals surface area contributed by atoms with E-state index in [1.165, 1.54) is 29.7 Å². The lowest BCUT2D eigenvalue weighted by molar-refractivity contribution is 0.158. The fourth-order valence-corrected chi connectivity index (χ4v) is 2.97. The highest BCUT2D eigenvalue weighted by atomic mass is 16.5. The Morgan fingerprint density at radius 3 is 2.76 bits per heavy atom. The third-order valence-electron chi connectivity index (χ3n) is 4.24. The van der Waals surface area contributed by atoms with E-state index >= 15 is 0 Å². The third-order valence-corrected chi connectivity index (χ3v) is 4.24. The smallest absolute Gasteiger partial charge is 0.404 e. The summed E-state index contributed by atoms with van der Waals surface area (Å²) in [4.78, 5) is 13.1. The number of ether oxygens (including phenoxy) is 1. The second-order valence-corrected chi connectivity index (χ2v) is 5.81. The lowest BCUT2D eigenvalue weighted by Crippen LogP contribution is -2.43. The summed E-state index contributed by atoms with van der Waals surface area (Å²) in [6, 6.07) is 6.72. The average molecular weight is 289 g/mol. The van der Waals surface area contributed by atoms with Gasteiger partial charge in [0.15, 0.2) is 0 Å². The van der Waals surface area contributed by atoms with E-state index in [4.69, 9.17) is 10.5 Å². The maximum absolute atomic E-state index is 10.7. The molecule has 0 atom stereocenters. The van der Waals surface area contributed by atoms with Crippen molar-refractivity contribution < 1.29 is 9.53 Å². The monoisotopic (exact) mass is 289 g/mol. The number of anilines is 1. The normalized spacial score (nSPS) is 18.6. The number of nitrogens with one attached hydrogen (secondary N) is 1. The Morgan fingerprint density at radius 1 is 1.33 bits per heavy atom. The molecular weight excluding hydrogens is 266 g/mol. The molecule has 1 heterocycles. The Morgan fingerprint density at radius 2 is 2.10 bits per heavy atom. The zero-order chi connectivity index (χ0) is 14.7. The molecule has 2 aliphatic rings. The highest BCUT2D eigenvalue weighted by Gasteiger charge is 2.27. The summed E-state index contributed by atoms with van der Waals surface area (Å²) >= 11 is 0. The van der Waals surface area contributed by atoms with Crippen LogP contribution in [0.15, 0.2) is 18.2 Å². The summed E-state index contributed by atoms with van der Waals surface area (Å²) in [5.41, 5.74) is 9.05. The molecule has 0 spiro atoms. The third kappa shape index (κ3) is 3.67. The van der Waals surface area contributed by atoms with Crippen molar-refractivity contribution in [2.75, 3.05) is 37.7 Å². The molecule has 0 aromatic heterocycles. The SMILES string of the molecule is NC(=O)OCCc1ccc(N2CCNCC2)cc1C1CC1. The maximum atomic E-state index is 10.7. The van der Waals surface area contributed by atoms with Crippen molar-refractivity contribution in [1.82, 2.24) is 5.32 Å². The van der Waals surface area contributed by atoms with Crippen molar-refractivity contribution >= 4 is 11.8 Å². The molecule has 1 saturated heterocycles. The van der Waals surface area contributed by atoms with Crippen molar-refractivity contribution in [3.63, 3.8) is 0 Å². The van der Waals surface area contributed by atoms with Crippen LogP contribution in [0.3, 0.4) is 0 Å². The number of benzene rings is 1. The van der Waals surface area contributed by atoms with E-state index in [9.17, 15) is 4.79 Å². The Labute approximate surface area is 125 Å². The number of nitrogens with zero attached hydrogens (tertiary/aromatic N) is 1. The van der Waals surface area contributed by atoms with Gasteiger partial charge in [-0.05, 0) is 42.0 Å². The van der Waals surface area contributed by atoms with Crippen molar-refractivity contribution in [1.29, 1.82) is 0 Å². The van der Waals surface area contributed by atoms with E-state index in [0.29, 0.717) is 12.5 Å². The topological polar surface area (TPSA) is 67.6 Å². The Balaban J connectivity index is 1.72. The lowest BCUT2D eigenvalue weighted by Gasteiger charge is -2.30. The largest absolute Gasteiger partial charge is 0.449 e. The quantitative estimate of drug-likeness (QED) is 0.864. The number of carbonyl (C=O) groups excluding carboxylic acids is 1. The van der Waals surface area contributed by atoms with Crippen LogP contribution < -0.4 is 16.0 Å². The molecule has 5 heteroatoms. The van der Waals surface area contributed by atoms with Gasteiger partial charge in [0.25, 0.3) is 0 Å². The molecule has 1 aromatic carbocycles. The fourth-order valence-electron chi connectivity index (χ4n) is 2.97. The summed E-state index contributed by atoms with van der Waals surface area (Å²) in [7, 11) is 0. The van der Waals surface area contributed by atoms with Crippen molar-refractivity contribution in [3.05, 3.63) is 29.3 Å². The number of hydrogen-bond acceptors (Lipinski definition) is 4. The van der Waals surface area contributed by atoms with Crippen molar-refractivity contribution in [2.24, 2.45) is 5.73 Å². The summed E-state index contributed by atoms with van der Waals surface area (Å²) in [5.74, 6) is 0.691. The number of rotatable bonds is 5. The number of carbonyl (C=O) groups is 1. The first-order valence-corrected chi connectivity index (χ1v) is 7.75. The highest BCUT2D eigenvalue weighted by molar-refractivity contribution is 5.64. The van der Waals surface area contributed by atoms with Gasteiger partial charge in [-0.2, -0.15) is 0 Å². The van der Waals surface area contributed by atoms with Gasteiger partial charge in [0.1, 0.15) is 0 Å². The minimum absolute atomic E-state index is 0.363. The maximum Gasteiger partial charge on any atom is 0.404 e. The second-order valence-electron chi connectivity index (χ2n) is 5.81. The molecule has 5 nitrogen and oxygen atoms in total. The van der Waals surface area contributed by atoms with Gasteiger partial charge in [-0.3, -0.25) is 0 Å². The first-order chi connectivity index (χ1) is 10.2. The highest BCUT2D eigenvalue weighted by Crippen LogP contribution is 2.43.